The molecule has 1 aromatic carbocycles. The largest absolute Gasteiger partial charge is 0.398 e. The van der Waals surface area contributed by atoms with Gasteiger partial charge in [0.2, 0.25) is 0 Å². The van der Waals surface area contributed by atoms with E-state index in [0.717, 1.165) is 0 Å². The molecule has 0 unspecified atom stereocenters. The molecule has 0 aliphatic heterocycles. The first-order valence-electron chi connectivity index (χ1n) is 6.70. The highest BCUT2D eigenvalue weighted by atomic mass is 35.5. The second-order valence-corrected chi connectivity index (χ2v) is 5.71. The number of carbonyl (C=O) groups is 1. The van der Waals surface area contributed by atoms with E-state index in [0.29, 0.717) is 24.1 Å². The first-order chi connectivity index (χ1) is 9.77. The minimum atomic E-state index is -4.14. The van der Waals surface area contributed by atoms with E-state index in [9.17, 15) is 18.0 Å². The molecule has 0 radical (unpaired) electrons. The Kier molecular flexibility index (Phi) is 4.66. The van der Waals surface area contributed by atoms with Crippen molar-refractivity contribution in [2.75, 3.05) is 5.73 Å². The van der Waals surface area contributed by atoms with Crippen molar-refractivity contribution in [3.63, 3.8) is 0 Å². The first kappa shape index (κ1) is 15.9. The lowest BCUT2D eigenvalue weighted by molar-refractivity contribution is -0.182. The van der Waals surface area contributed by atoms with E-state index >= 15 is 0 Å². The van der Waals surface area contributed by atoms with Crippen molar-refractivity contribution in [1.82, 2.24) is 5.32 Å². The van der Waals surface area contributed by atoms with Gasteiger partial charge >= 0.3 is 6.18 Å². The number of nitrogens with two attached hydrogens (primary N) is 1. The van der Waals surface area contributed by atoms with Gasteiger partial charge in [-0.1, -0.05) is 11.6 Å². The third-order valence-corrected chi connectivity index (χ3v) is 4.12. The van der Waals surface area contributed by atoms with Crippen molar-refractivity contribution in [3.8, 4) is 0 Å². The number of carbonyl (C=O) groups excluding carboxylic acids is 1. The van der Waals surface area contributed by atoms with E-state index in [-0.39, 0.29) is 29.8 Å². The SMILES string of the molecule is Nc1ccc(C(=O)NC2CCC(C(F)(F)F)CC2)cc1Cl. The highest BCUT2D eigenvalue weighted by molar-refractivity contribution is 6.33. The van der Waals surface area contributed by atoms with Gasteiger partial charge in [0, 0.05) is 11.6 Å². The second kappa shape index (κ2) is 6.13. The van der Waals surface area contributed by atoms with Crippen LogP contribution in [0.4, 0.5) is 18.9 Å². The van der Waals surface area contributed by atoms with E-state index < -0.39 is 12.1 Å². The summed E-state index contributed by atoms with van der Waals surface area (Å²) in [7, 11) is 0. The van der Waals surface area contributed by atoms with Crippen LogP contribution in [0.5, 0.6) is 0 Å². The lowest BCUT2D eigenvalue weighted by atomic mass is 9.85. The molecule has 0 heterocycles. The maximum atomic E-state index is 12.6. The van der Waals surface area contributed by atoms with Gasteiger partial charge in [-0.25, -0.2) is 0 Å². The van der Waals surface area contributed by atoms with Gasteiger partial charge in [-0.2, -0.15) is 13.2 Å². The van der Waals surface area contributed by atoms with Crippen molar-refractivity contribution in [2.45, 2.75) is 37.9 Å². The van der Waals surface area contributed by atoms with Crippen LogP contribution in [0.25, 0.3) is 0 Å². The first-order valence-corrected chi connectivity index (χ1v) is 7.08. The summed E-state index contributed by atoms with van der Waals surface area (Å²) in [5.41, 5.74) is 6.29. The fourth-order valence-electron chi connectivity index (χ4n) is 2.50. The number of nitrogen functional groups attached to an aromatic ring is 1. The van der Waals surface area contributed by atoms with Crippen LogP contribution in [0.15, 0.2) is 18.2 Å². The number of rotatable bonds is 2. The monoisotopic (exact) mass is 320 g/mol. The fraction of sp³-hybridized carbons (Fsp3) is 0.500. The molecule has 0 bridgehead atoms. The Hall–Kier alpha value is -1.43. The number of hydrogen-bond acceptors (Lipinski definition) is 2. The van der Waals surface area contributed by atoms with Crippen LogP contribution in [0.1, 0.15) is 36.0 Å². The molecule has 0 spiro atoms. The van der Waals surface area contributed by atoms with Crippen LogP contribution in [-0.4, -0.2) is 18.1 Å². The Balaban J connectivity index is 1.91. The van der Waals surface area contributed by atoms with Crippen molar-refractivity contribution < 1.29 is 18.0 Å². The average Bonchev–Trinajstić information content (AvgIpc) is 2.41. The van der Waals surface area contributed by atoms with Crippen molar-refractivity contribution >= 4 is 23.2 Å². The Bertz CT molecular complexity index is 525. The zero-order valence-electron chi connectivity index (χ0n) is 11.2. The normalized spacial score (nSPS) is 22.9. The smallest absolute Gasteiger partial charge is 0.391 e. The third kappa shape index (κ3) is 4.03. The summed E-state index contributed by atoms with van der Waals surface area (Å²) in [5.74, 6) is -1.59. The molecule has 1 aliphatic carbocycles. The summed E-state index contributed by atoms with van der Waals surface area (Å²) in [6.07, 6.45) is -3.37. The summed E-state index contributed by atoms with van der Waals surface area (Å²) in [4.78, 5) is 12.0. The summed E-state index contributed by atoms with van der Waals surface area (Å²) < 4.78 is 37.7. The van der Waals surface area contributed by atoms with Crippen LogP contribution in [0, 0.1) is 5.92 Å². The van der Waals surface area contributed by atoms with Gasteiger partial charge < -0.3 is 11.1 Å². The van der Waals surface area contributed by atoms with Crippen LogP contribution in [0.2, 0.25) is 5.02 Å². The van der Waals surface area contributed by atoms with Gasteiger partial charge in [0.15, 0.2) is 0 Å². The minimum absolute atomic E-state index is 0.0525. The molecule has 1 fully saturated rings. The summed E-state index contributed by atoms with van der Waals surface area (Å²) in [5, 5.41) is 3.03. The highest BCUT2D eigenvalue weighted by Gasteiger charge is 2.41. The molecular formula is C14H16ClF3N2O. The zero-order valence-corrected chi connectivity index (χ0v) is 12.0. The lowest BCUT2D eigenvalue weighted by Gasteiger charge is -2.30. The zero-order chi connectivity index (χ0) is 15.6. The summed E-state index contributed by atoms with van der Waals surface area (Å²) in [6.45, 7) is 0. The number of benzene rings is 1. The van der Waals surface area contributed by atoms with E-state index in [1.54, 1.807) is 0 Å². The molecule has 1 amide bonds. The number of amides is 1. The van der Waals surface area contributed by atoms with Gasteiger partial charge in [-0.05, 0) is 43.9 Å². The average molecular weight is 321 g/mol. The van der Waals surface area contributed by atoms with Gasteiger partial charge in [-0.3, -0.25) is 4.79 Å². The molecule has 21 heavy (non-hydrogen) atoms. The molecule has 0 aromatic heterocycles. The quantitative estimate of drug-likeness (QED) is 0.815. The number of anilines is 1. The van der Waals surface area contributed by atoms with Crippen LogP contribution < -0.4 is 11.1 Å². The molecule has 1 aliphatic rings. The topological polar surface area (TPSA) is 55.1 Å². The molecular weight excluding hydrogens is 305 g/mol. The van der Waals surface area contributed by atoms with E-state index in [4.69, 9.17) is 17.3 Å². The standard InChI is InChI=1S/C14H16ClF3N2O/c15-11-7-8(1-6-12(11)19)13(21)20-10-4-2-9(3-5-10)14(16,17)18/h1,6-7,9-10H,2-5,19H2,(H,20,21). The lowest BCUT2D eigenvalue weighted by Crippen LogP contribution is -2.40. The van der Waals surface area contributed by atoms with Gasteiger partial charge in [0.25, 0.3) is 5.91 Å². The molecule has 1 saturated carbocycles. The Morgan fingerprint density at radius 1 is 1.24 bits per heavy atom. The van der Waals surface area contributed by atoms with E-state index in [1.165, 1.54) is 18.2 Å². The molecule has 0 saturated heterocycles. The molecule has 3 N–H and O–H groups in total. The van der Waals surface area contributed by atoms with Crippen molar-refractivity contribution in [1.29, 1.82) is 0 Å². The maximum Gasteiger partial charge on any atom is 0.391 e. The molecule has 1 aromatic rings. The molecule has 7 heteroatoms. The van der Waals surface area contributed by atoms with Crippen molar-refractivity contribution in [3.05, 3.63) is 28.8 Å². The van der Waals surface area contributed by atoms with Crippen LogP contribution in [0.3, 0.4) is 0 Å². The molecule has 0 atom stereocenters. The van der Waals surface area contributed by atoms with Crippen LogP contribution in [-0.2, 0) is 0 Å². The number of halogens is 4. The number of nitrogens with one attached hydrogen (secondary N) is 1. The van der Waals surface area contributed by atoms with Gasteiger partial charge in [0.1, 0.15) is 0 Å². The van der Waals surface area contributed by atoms with Gasteiger partial charge in [-0.15, -0.1) is 0 Å². The fourth-order valence-corrected chi connectivity index (χ4v) is 2.68. The predicted octanol–water partition coefficient (Wildman–Crippen LogP) is 3.77. The maximum absolute atomic E-state index is 12.6. The highest BCUT2D eigenvalue weighted by Crippen LogP contribution is 2.37. The third-order valence-electron chi connectivity index (χ3n) is 3.79. The van der Waals surface area contributed by atoms with Crippen molar-refractivity contribution in [2.24, 2.45) is 5.92 Å². The van der Waals surface area contributed by atoms with Crippen LogP contribution >= 0.6 is 11.6 Å². The summed E-state index contributed by atoms with van der Waals surface area (Å²) >= 11 is 5.84. The number of hydrogen-bond donors (Lipinski definition) is 2. The van der Waals surface area contributed by atoms with E-state index in [1.807, 2.05) is 0 Å². The number of alkyl halides is 3. The summed E-state index contributed by atoms with van der Waals surface area (Å²) in [6, 6.07) is 4.29. The molecule has 2 rings (SSSR count). The second-order valence-electron chi connectivity index (χ2n) is 5.30. The Morgan fingerprint density at radius 2 is 1.86 bits per heavy atom. The minimum Gasteiger partial charge on any atom is -0.398 e. The van der Waals surface area contributed by atoms with Gasteiger partial charge in [0.05, 0.1) is 16.6 Å². The Morgan fingerprint density at radius 3 is 2.38 bits per heavy atom. The predicted molar refractivity (Wildman–Crippen MR) is 75.1 cm³/mol. The molecule has 116 valence electrons. The molecule has 3 nitrogen and oxygen atoms in total. The van der Waals surface area contributed by atoms with E-state index in [2.05, 4.69) is 5.32 Å². The Labute approximate surface area is 125 Å².